The van der Waals surface area contributed by atoms with Crippen molar-refractivity contribution in [1.82, 2.24) is 19.9 Å². The van der Waals surface area contributed by atoms with Gasteiger partial charge in [-0.3, -0.25) is 0 Å². The second-order valence-corrected chi connectivity index (χ2v) is 4.52. The second kappa shape index (κ2) is 5.62. The van der Waals surface area contributed by atoms with Crippen LogP contribution in [-0.2, 0) is 0 Å². The summed E-state index contributed by atoms with van der Waals surface area (Å²) in [6, 6.07) is 0.238. The van der Waals surface area contributed by atoms with Gasteiger partial charge in [-0.2, -0.15) is 15.0 Å². The first-order chi connectivity index (χ1) is 7.88. The SMILES string of the molecule is CC(CN(C)C)Nc1nc(N)nc(N(C)C)n1. The number of hydrogen-bond donors (Lipinski definition) is 2. The van der Waals surface area contributed by atoms with Crippen molar-refractivity contribution < 1.29 is 0 Å². The van der Waals surface area contributed by atoms with Gasteiger partial charge in [0.1, 0.15) is 0 Å². The highest BCUT2D eigenvalue weighted by molar-refractivity contribution is 5.41. The first-order valence-corrected chi connectivity index (χ1v) is 5.48. The van der Waals surface area contributed by atoms with Gasteiger partial charge in [0.25, 0.3) is 0 Å². The summed E-state index contributed by atoms with van der Waals surface area (Å²) in [7, 11) is 7.76. The van der Waals surface area contributed by atoms with E-state index < -0.39 is 0 Å². The molecule has 0 aliphatic heterocycles. The maximum Gasteiger partial charge on any atom is 0.231 e. The van der Waals surface area contributed by atoms with Gasteiger partial charge in [-0.1, -0.05) is 0 Å². The first kappa shape index (κ1) is 13.4. The molecule has 96 valence electrons. The van der Waals surface area contributed by atoms with Crippen LogP contribution in [0.1, 0.15) is 6.92 Å². The molecule has 0 radical (unpaired) electrons. The first-order valence-electron chi connectivity index (χ1n) is 5.48. The summed E-state index contributed by atoms with van der Waals surface area (Å²) in [4.78, 5) is 16.3. The number of nitrogens with two attached hydrogens (primary N) is 1. The predicted octanol–water partition coefficient (Wildman–Crippen LogP) is -0.118. The van der Waals surface area contributed by atoms with Crippen molar-refractivity contribution >= 4 is 17.8 Å². The van der Waals surface area contributed by atoms with E-state index in [-0.39, 0.29) is 12.0 Å². The number of nitrogens with one attached hydrogen (secondary N) is 1. The Balaban J connectivity index is 2.77. The van der Waals surface area contributed by atoms with E-state index in [2.05, 4.69) is 32.1 Å². The predicted molar refractivity (Wildman–Crippen MR) is 70.2 cm³/mol. The van der Waals surface area contributed by atoms with Crippen LogP contribution >= 0.6 is 0 Å². The average molecular weight is 239 g/mol. The number of likely N-dealkylation sites (N-methyl/N-ethyl adjacent to an activating group) is 1. The molecule has 1 atom stereocenters. The molecule has 0 saturated carbocycles. The highest BCUT2D eigenvalue weighted by Crippen LogP contribution is 2.09. The summed E-state index contributed by atoms with van der Waals surface area (Å²) in [5.74, 6) is 1.29. The zero-order valence-electron chi connectivity index (χ0n) is 11.1. The quantitative estimate of drug-likeness (QED) is 0.741. The van der Waals surface area contributed by atoms with Crippen LogP contribution in [-0.4, -0.2) is 60.6 Å². The molecule has 17 heavy (non-hydrogen) atoms. The molecule has 0 fully saturated rings. The highest BCUT2D eigenvalue weighted by Gasteiger charge is 2.09. The number of anilines is 3. The molecule has 7 nitrogen and oxygen atoms in total. The summed E-state index contributed by atoms with van der Waals surface area (Å²) >= 11 is 0. The lowest BCUT2D eigenvalue weighted by Crippen LogP contribution is -2.30. The Bertz CT molecular complexity index is 364. The molecular formula is C10H21N7. The number of nitrogens with zero attached hydrogens (tertiary/aromatic N) is 5. The molecular weight excluding hydrogens is 218 g/mol. The lowest BCUT2D eigenvalue weighted by Gasteiger charge is -2.19. The van der Waals surface area contributed by atoms with Gasteiger partial charge in [-0.15, -0.1) is 0 Å². The highest BCUT2D eigenvalue weighted by atomic mass is 15.3. The fourth-order valence-electron chi connectivity index (χ4n) is 1.46. The molecule has 1 heterocycles. The summed E-state index contributed by atoms with van der Waals surface area (Å²) < 4.78 is 0. The summed E-state index contributed by atoms with van der Waals surface area (Å²) in [5.41, 5.74) is 5.63. The molecule has 1 unspecified atom stereocenters. The third-order valence-electron chi connectivity index (χ3n) is 2.06. The van der Waals surface area contributed by atoms with E-state index in [1.807, 2.05) is 28.2 Å². The van der Waals surface area contributed by atoms with E-state index in [1.54, 1.807) is 4.90 Å². The van der Waals surface area contributed by atoms with E-state index in [0.717, 1.165) is 6.54 Å². The monoisotopic (exact) mass is 239 g/mol. The fraction of sp³-hybridized carbons (Fsp3) is 0.700. The largest absolute Gasteiger partial charge is 0.368 e. The van der Waals surface area contributed by atoms with Crippen molar-refractivity contribution in [2.45, 2.75) is 13.0 Å². The molecule has 0 aliphatic carbocycles. The van der Waals surface area contributed by atoms with Crippen molar-refractivity contribution in [2.24, 2.45) is 0 Å². The van der Waals surface area contributed by atoms with Crippen LogP contribution in [0.2, 0.25) is 0 Å². The lowest BCUT2D eigenvalue weighted by atomic mass is 10.3. The molecule has 0 amide bonds. The molecule has 7 heteroatoms. The maximum absolute atomic E-state index is 5.63. The Labute approximate surface area is 102 Å². The van der Waals surface area contributed by atoms with Gasteiger partial charge in [0, 0.05) is 26.7 Å². The Morgan fingerprint density at radius 2 is 1.82 bits per heavy atom. The van der Waals surface area contributed by atoms with Gasteiger partial charge in [0.2, 0.25) is 17.8 Å². The van der Waals surface area contributed by atoms with Gasteiger partial charge in [-0.05, 0) is 21.0 Å². The van der Waals surface area contributed by atoms with Gasteiger partial charge in [-0.25, -0.2) is 0 Å². The minimum Gasteiger partial charge on any atom is -0.368 e. The molecule has 1 rings (SSSR count). The molecule has 0 aromatic carbocycles. The van der Waals surface area contributed by atoms with Crippen molar-refractivity contribution in [3.05, 3.63) is 0 Å². The van der Waals surface area contributed by atoms with Crippen LogP contribution in [0.4, 0.5) is 17.8 Å². The molecule has 0 spiro atoms. The van der Waals surface area contributed by atoms with Gasteiger partial charge >= 0.3 is 0 Å². The molecule has 0 aliphatic rings. The van der Waals surface area contributed by atoms with Crippen LogP contribution in [0.15, 0.2) is 0 Å². The average Bonchev–Trinajstić information content (AvgIpc) is 2.14. The van der Waals surface area contributed by atoms with Gasteiger partial charge < -0.3 is 20.9 Å². The van der Waals surface area contributed by atoms with Crippen molar-refractivity contribution in [3.8, 4) is 0 Å². The number of rotatable bonds is 5. The fourth-order valence-corrected chi connectivity index (χ4v) is 1.46. The Morgan fingerprint density at radius 3 is 2.35 bits per heavy atom. The topological polar surface area (TPSA) is 83.2 Å². The molecule has 0 bridgehead atoms. The lowest BCUT2D eigenvalue weighted by molar-refractivity contribution is 0.391. The van der Waals surface area contributed by atoms with Gasteiger partial charge in [0.15, 0.2) is 0 Å². The van der Waals surface area contributed by atoms with Gasteiger partial charge in [0.05, 0.1) is 0 Å². The number of nitrogen functional groups attached to an aromatic ring is 1. The van der Waals surface area contributed by atoms with E-state index in [9.17, 15) is 0 Å². The van der Waals surface area contributed by atoms with E-state index in [1.165, 1.54) is 0 Å². The summed E-state index contributed by atoms with van der Waals surface area (Å²) in [5, 5.41) is 3.20. The molecule has 3 N–H and O–H groups in total. The molecule has 1 aromatic heterocycles. The third kappa shape index (κ3) is 4.39. The van der Waals surface area contributed by atoms with Crippen molar-refractivity contribution in [1.29, 1.82) is 0 Å². The Hall–Kier alpha value is -1.63. The van der Waals surface area contributed by atoms with Crippen LogP contribution < -0.4 is 16.0 Å². The minimum absolute atomic E-state index is 0.225. The minimum atomic E-state index is 0.225. The third-order valence-corrected chi connectivity index (χ3v) is 2.06. The summed E-state index contributed by atoms with van der Waals surface area (Å²) in [6.45, 7) is 2.96. The normalized spacial score (nSPS) is 12.6. The smallest absolute Gasteiger partial charge is 0.231 e. The van der Waals surface area contributed by atoms with Crippen molar-refractivity contribution in [2.75, 3.05) is 50.7 Å². The summed E-state index contributed by atoms with van der Waals surface area (Å²) in [6.07, 6.45) is 0. The number of hydrogen-bond acceptors (Lipinski definition) is 7. The standard InChI is InChI=1S/C10H21N7/c1-7(6-16(2)3)12-9-13-8(11)14-10(15-9)17(4)5/h7H,6H2,1-5H3,(H3,11,12,13,14,15). The van der Waals surface area contributed by atoms with E-state index >= 15 is 0 Å². The Morgan fingerprint density at radius 1 is 1.18 bits per heavy atom. The van der Waals surface area contributed by atoms with Crippen LogP contribution in [0, 0.1) is 0 Å². The molecule has 0 saturated heterocycles. The Kier molecular flexibility index (Phi) is 4.45. The van der Waals surface area contributed by atoms with Crippen LogP contribution in [0.3, 0.4) is 0 Å². The van der Waals surface area contributed by atoms with Crippen LogP contribution in [0.25, 0.3) is 0 Å². The van der Waals surface area contributed by atoms with Crippen LogP contribution in [0.5, 0.6) is 0 Å². The van der Waals surface area contributed by atoms with E-state index in [0.29, 0.717) is 11.9 Å². The zero-order chi connectivity index (χ0) is 13.0. The maximum atomic E-state index is 5.63. The molecule has 1 aromatic rings. The van der Waals surface area contributed by atoms with E-state index in [4.69, 9.17) is 5.73 Å². The number of aromatic nitrogens is 3. The second-order valence-electron chi connectivity index (χ2n) is 4.52. The zero-order valence-corrected chi connectivity index (χ0v) is 11.1. The van der Waals surface area contributed by atoms with Crippen molar-refractivity contribution in [3.63, 3.8) is 0 Å².